The molecule has 1 fully saturated rings. The summed E-state index contributed by atoms with van der Waals surface area (Å²) in [6.45, 7) is 1.04. The van der Waals surface area contributed by atoms with E-state index in [-0.39, 0.29) is 30.4 Å². The van der Waals surface area contributed by atoms with Crippen molar-refractivity contribution >= 4 is 21.9 Å². The van der Waals surface area contributed by atoms with Crippen LogP contribution >= 0.6 is 0 Å². The lowest BCUT2D eigenvalue weighted by Crippen LogP contribution is -2.49. The molecular weight excluding hydrogens is 557 g/mol. The fraction of sp³-hybridized carbons (Fsp3) is 0.320. The highest BCUT2D eigenvalue weighted by atomic mass is 32.2. The number of nitrogens with zero attached hydrogens (tertiary/aromatic N) is 3. The molecule has 3 heterocycles. The smallest absolute Gasteiger partial charge is 0.490 e. The predicted molar refractivity (Wildman–Crippen MR) is 133 cm³/mol. The number of alkyl halides is 3. The summed E-state index contributed by atoms with van der Waals surface area (Å²) >= 11 is 0. The van der Waals surface area contributed by atoms with E-state index in [0.29, 0.717) is 30.2 Å². The number of benzene rings is 2. The van der Waals surface area contributed by atoms with Gasteiger partial charge in [0.05, 0.1) is 20.2 Å². The molecule has 2 aromatic carbocycles. The Morgan fingerprint density at radius 3 is 2.40 bits per heavy atom. The van der Waals surface area contributed by atoms with Gasteiger partial charge in [0.2, 0.25) is 10.0 Å². The van der Waals surface area contributed by atoms with E-state index in [2.05, 4.69) is 10.2 Å². The summed E-state index contributed by atoms with van der Waals surface area (Å²) in [6, 6.07) is 15.6. The van der Waals surface area contributed by atoms with E-state index < -0.39 is 27.8 Å². The van der Waals surface area contributed by atoms with E-state index in [9.17, 15) is 26.4 Å². The summed E-state index contributed by atoms with van der Waals surface area (Å²) in [4.78, 5) is 23.6. The minimum atomic E-state index is -5.08. The van der Waals surface area contributed by atoms with Crippen molar-refractivity contribution in [2.45, 2.75) is 29.6 Å². The first-order valence-electron chi connectivity index (χ1n) is 11.8. The van der Waals surface area contributed by atoms with Gasteiger partial charge in [-0.3, -0.25) is 9.89 Å². The molecule has 15 heteroatoms. The zero-order chi connectivity index (χ0) is 29.1. The van der Waals surface area contributed by atoms with Crippen molar-refractivity contribution < 1.29 is 45.8 Å². The average Bonchev–Trinajstić information content (AvgIpc) is 3.58. The number of carboxylic acids is 1. The summed E-state index contributed by atoms with van der Waals surface area (Å²) in [7, 11) is -2.23. The van der Waals surface area contributed by atoms with Gasteiger partial charge in [-0.15, -0.1) is 0 Å². The third kappa shape index (κ3) is 6.20. The molecule has 11 nitrogen and oxygen atoms in total. The molecule has 2 N–H and O–H groups in total. The van der Waals surface area contributed by atoms with Gasteiger partial charge in [0.15, 0.2) is 0 Å². The third-order valence-corrected chi connectivity index (χ3v) is 8.18. The second kappa shape index (κ2) is 11.2. The summed E-state index contributed by atoms with van der Waals surface area (Å²) in [5.74, 6) is -1.93. The van der Waals surface area contributed by atoms with E-state index in [1.54, 1.807) is 54.5 Å². The van der Waals surface area contributed by atoms with E-state index in [4.69, 9.17) is 19.4 Å². The van der Waals surface area contributed by atoms with Gasteiger partial charge in [0.25, 0.3) is 5.91 Å². The second-order valence-electron chi connectivity index (χ2n) is 9.10. The molecule has 5 rings (SSSR count). The molecule has 1 unspecified atom stereocenters. The number of hydrogen-bond donors (Lipinski definition) is 2. The zero-order valence-corrected chi connectivity index (χ0v) is 21.9. The number of sulfonamides is 1. The molecule has 0 radical (unpaired) electrons. The predicted octanol–water partition coefficient (Wildman–Crippen LogP) is 2.92. The number of aliphatic carboxylic acids is 1. The number of aromatic nitrogens is 2. The number of aromatic amines is 1. The SMILES string of the molecule is COc1ccc(CN2CC3(CCN(C(=O)c4ccn[nH]4)C3)Oc3ccccc3S2(=O)=O)cc1.O=C(O)C(F)(F)F. The number of hydrogen-bond acceptors (Lipinski definition) is 7. The number of carbonyl (C=O) groups is 2. The number of H-pyrrole nitrogens is 1. The van der Waals surface area contributed by atoms with Gasteiger partial charge in [-0.05, 0) is 35.9 Å². The van der Waals surface area contributed by atoms with Gasteiger partial charge in [-0.2, -0.15) is 22.6 Å². The molecule has 2 aliphatic rings. The molecule has 3 aromatic rings. The molecular formula is C25H25F3N4O7S. The van der Waals surface area contributed by atoms with Crippen LogP contribution in [0.2, 0.25) is 0 Å². The number of para-hydroxylation sites is 1. The Labute approximate surface area is 227 Å². The molecule has 0 bridgehead atoms. The fourth-order valence-electron chi connectivity index (χ4n) is 4.41. The Morgan fingerprint density at radius 2 is 1.80 bits per heavy atom. The van der Waals surface area contributed by atoms with Crippen molar-refractivity contribution in [1.29, 1.82) is 0 Å². The molecule has 1 aromatic heterocycles. The Hall–Kier alpha value is -4.11. The molecule has 1 saturated heterocycles. The maximum absolute atomic E-state index is 13.6. The standard InChI is InChI=1S/C23H24N4O5S.C2HF3O2/c1-31-18-8-6-17(7-9-18)14-27-16-23(32-20-4-2-3-5-21(20)33(27,29)30)11-13-26(15-23)22(28)19-10-12-24-25-19;3-2(4,5)1(6)7/h2-10,12H,11,13-16H2,1H3,(H,24,25);(H,6,7). The lowest BCUT2D eigenvalue weighted by molar-refractivity contribution is -0.192. The van der Waals surface area contributed by atoms with Gasteiger partial charge in [0.1, 0.15) is 27.7 Å². The van der Waals surface area contributed by atoms with Crippen molar-refractivity contribution in [3.63, 3.8) is 0 Å². The lowest BCUT2D eigenvalue weighted by Gasteiger charge is -2.32. The number of ether oxygens (including phenoxy) is 2. The summed E-state index contributed by atoms with van der Waals surface area (Å²) in [5, 5.41) is 13.7. The lowest BCUT2D eigenvalue weighted by atomic mass is 10.0. The van der Waals surface area contributed by atoms with Crippen molar-refractivity contribution in [3.05, 3.63) is 72.1 Å². The summed E-state index contributed by atoms with van der Waals surface area (Å²) in [6.07, 6.45) is -3.05. The summed E-state index contributed by atoms with van der Waals surface area (Å²) < 4.78 is 72.0. The Kier molecular flexibility index (Phi) is 8.07. The van der Waals surface area contributed by atoms with E-state index >= 15 is 0 Å². The number of nitrogens with one attached hydrogen (secondary N) is 1. The quantitative estimate of drug-likeness (QED) is 0.478. The normalized spacial score (nSPS) is 20.1. The van der Waals surface area contributed by atoms with Crippen LogP contribution in [0.4, 0.5) is 13.2 Å². The molecule has 214 valence electrons. The fourth-order valence-corrected chi connectivity index (χ4v) is 6.03. The van der Waals surface area contributed by atoms with Crippen LogP contribution in [0.5, 0.6) is 11.5 Å². The number of carboxylic acid groups (broad SMARTS) is 1. The average molecular weight is 583 g/mol. The van der Waals surface area contributed by atoms with Gasteiger partial charge < -0.3 is 19.5 Å². The van der Waals surface area contributed by atoms with Crippen LogP contribution in [0.1, 0.15) is 22.5 Å². The van der Waals surface area contributed by atoms with Crippen LogP contribution in [-0.2, 0) is 21.4 Å². The van der Waals surface area contributed by atoms with Crippen LogP contribution in [0.15, 0.2) is 65.7 Å². The first-order valence-corrected chi connectivity index (χ1v) is 13.3. The number of halogens is 3. The first-order chi connectivity index (χ1) is 18.8. The minimum Gasteiger partial charge on any atom is -0.497 e. The molecule has 0 saturated carbocycles. The molecule has 1 atom stereocenters. The first kappa shape index (κ1) is 28.9. The van der Waals surface area contributed by atoms with Crippen LogP contribution in [0, 0.1) is 0 Å². The van der Waals surface area contributed by atoms with Crippen molar-refractivity contribution in [3.8, 4) is 11.5 Å². The molecule has 1 amide bonds. The highest BCUT2D eigenvalue weighted by Gasteiger charge is 2.49. The third-order valence-electron chi connectivity index (χ3n) is 6.35. The number of methoxy groups -OCH3 is 1. The number of rotatable bonds is 4. The highest BCUT2D eigenvalue weighted by molar-refractivity contribution is 7.89. The zero-order valence-electron chi connectivity index (χ0n) is 21.1. The van der Waals surface area contributed by atoms with Crippen molar-refractivity contribution in [2.24, 2.45) is 0 Å². The van der Waals surface area contributed by atoms with E-state index in [1.807, 2.05) is 12.1 Å². The molecule has 2 aliphatic heterocycles. The largest absolute Gasteiger partial charge is 0.497 e. The Balaban J connectivity index is 0.000000470. The molecule has 40 heavy (non-hydrogen) atoms. The van der Waals surface area contributed by atoms with Crippen LogP contribution in [-0.4, -0.2) is 83.3 Å². The maximum Gasteiger partial charge on any atom is 0.490 e. The van der Waals surface area contributed by atoms with Crippen molar-refractivity contribution in [1.82, 2.24) is 19.4 Å². The van der Waals surface area contributed by atoms with Crippen LogP contribution < -0.4 is 9.47 Å². The number of fused-ring (bicyclic) bond motifs is 1. The highest BCUT2D eigenvalue weighted by Crippen LogP contribution is 2.39. The van der Waals surface area contributed by atoms with Crippen LogP contribution in [0.25, 0.3) is 0 Å². The Bertz CT molecular complexity index is 1460. The van der Waals surface area contributed by atoms with Gasteiger partial charge in [0, 0.05) is 25.7 Å². The van der Waals surface area contributed by atoms with Gasteiger partial charge in [-0.25, -0.2) is 13.2 Å². The minimum absolute atomic E-state index is 0.128. The van der Waals surface area contributed by atoms with Crippen molar-refractivity contribution in [2.75, 3.05) is 26.7 Å². The van der Waals surface area contributed by atoms with Crippen LogP contribution in [0.3, 0.4) is 0 Å². The topological polar surface area (TPSA) is 142 Å². The number of amides is 1. The molecule has 0 aliphatic carbocycles. The second-order valence-corrected chi connectivity index (χ2v) is 11.0. The van der Waals surface area contributed by atoms with E-state index in [0.717, 1.165) is 5.56 Å². The number of likely N-dealkylation sites (tertiary alicyclic amines) is 1. The monoisotopic (exact) mass is 582 g/mol. The number of carbonyl (C=O) groups excluding carboxylic acids is 1. The van der Waals surface area contributed by atoms with Gasteiger partial charge in [-0.1, -0.05) is 24.3 Å². The maximum atomic E-state index is 13.6. The summed E-state index contributed by atoms with van der Waals surface area (Å²) in [5.41, 5.74) is 0.364. The molecule has 1 spiro atoms. The Morgan fingerprint density at radius 1 is 1.12 bits per heavy atom. The van der Waals surface area contributed by atoms with E-state index in [1.165, 1.54) is 10.5 Å². The van der Waals surface area contributed by atoms with Gasteiger partial charge >= 0.3 is 12.1 Å².